The number of halogens is 2. The molecular weight excluding hydrogens is 639 g/mol. The van der Waals surface area contributed by atoms with Crippen molar-refractivity contribution < 1.29 is 38.4 Å². The fourth-order valence-corrected chi connectivity index (χ4v) is 4.87. The molecule has 0 spiro atoms. The third-order valence-electron chi connectivity index (χ3n) is 6.70. The Bertz CT molecular complexity index is 1630. The first-order valence-corrected chi connectivity index (χ1v) is 14.9. The van der Waals surface area contributed by atoms with Gasteiger partial charge in [-0.1, -0.05) is 41.4 Å². The molecule has 0 radical (unpaired) electrons. The van der Waals surface area contributed by atoms with Gasteiger partial charge in [0.25, 0.3) is 0 Å². The van der Waals surface area contributed by atoms with Gasteiger partial charge in [-0.25, -0.2) is 9.59 Å². The van der Waals surface area contributed by atoms with Gasteiger partial charge in [0.1, 0.15) is 13.2 Å². The first-order chi connectivity index (χ1) is 22.1. The van der Waals surface area contributed by atoms with Crippen LogP contribution in [0, 0.1) is 0 Å². The molecule has 0 aromatic heterocycles. The van der Waals surface area contributed by atoms with E-state index in [2.05, 4.69) is 21.2 Å². The Morgan fingerprint density at radius 3 is 2.57 bits per heavy atom. The Balaban J connectivity index is 1.42. The number of nitrogens with one attached hydrogen (secondary N) is 3. The number of urea groups is 1. The van der Waals surface area contributed by atoms with Crippen LogP contribution in [0.1, 0.15) is 36.6 Å². The molecule has 0 bridgehead atoms. The minimum Gasteiger partial charge on any atom is -0.493 e. The topological polar surface area (TPSA) is 149 Å². The number of aliphatic hydroxyl groups is 1. The van der Waals surface area contributed by atoms with Gasteiger partial charge in [-0.15, -0.1) is 0 Å². The van der Waals surface area contributed by atoms with E-state index in [9.17, 15) is 14.7 Å². The maximum Gasteiger partial charge on any atom is 0.337 e. The van der Waals surface area contributed by atoms with Crippen molar-refractivity contribution in [1.29, 1.82) is 0 Å². The van der Waals surface area contributed by atoms with E-state index < -0.39 is 24.3 Å². The standard InChI is InChI=1S/C32H34Cl2N4O8/c1-5-44-26-14-20(29-28(31(40)43-4)18(2)36-32(41)37-29)10-12-24(26)45-17-27(39)38-35-15-21-7-6-8-25(42-3)30(21)46-16-19-9-11-22(33)23(34)13-19/h6-15,27,29,38-39H,5,16-17H2,1-4H3,(H2,36,37,41)/b35-15+/t27-,29+/m1/s1. The fraction of sp³-hybridized carbons (Fsp3) is 0.281. The Labute approximate surface area is 276 Å². The van der Waals surface area contributed by atoms with Crippen LogP contribution >= 0.6 is 23.2 Å². The van der Waals surface area contributed by atoms with E-state index in [4.69, 9.17) is 46.9 Å². The number of hydrogen-bond donors (Lipinski definition) is 4. The Morgan fingerprint density at radius 2 is 1.85 bits per heavy atom. The Hall–Kier alpha value is -4.65. The zero-order chi connectivity index (χ0) is 33.2. The van der Waals surface area contributed by atoms with Gasteiger partial charge < -0.3 is 39.4 Å². The van der Waals surface area contributed by atoms with E-state index >= 15 is 0 Å². The highest BCUT2D eigenvalue weighted by Gasteiger charge is 2.32. The lowest BCUT2D eigenvalue weighted by Crippen LogP contribution is -2.45. The maximum absolute atomic E-state index is 12.5. The number of methoxy groups -OCH3 is 2. The summed E-state index contributed by atoms with van der Waals surface area (Å²) in [6.07, 6.45) is 0.287. The van der Waals surface area contributed by atoms with E-state index in [1.165, 1.54) is 20.4 Å². The lowest BCUT2D eigenvalue weighted by atomic mass is 9.95. The van der Waals surface area contributed by atoms with Crippen LogP contribution in [-0.4, -0.2) is 57.0 Å². The monoisotopic (exact) mass is 672 g/mol. The molecule has 4 rings (SSSR count). The Morgan fingerprint density at radius 1 is 1.04 bits per heavy atom. The van der Waals surface area contributed by atoms with E-state index in [0.29, 0.717) is 56.5 Å². The van der Waals surface area contributed by atoms with Gasteiger partial charge in [0, 0.05) is 11.3 Å². The van der Waals surface area contributed by atoms with E-state index in [1.807, 2.05) is 6.07 Å². The summed E-state index contributed by atoms with van der Waals surface area (Å²) in [5.41, 5.74) is 5.24. The number of ether oxygens (including phenoxy) is 5. The molecule has 3 aromatic rings. The second-order valence-electron chi connectivity index (χ2n) is 9.83. The van der Waals surface area contributed by atoms with Crippen molar-refractivity contribution in [3.63, 3.8) is 0 Å². The SMILES string of the molecule is CCOc1cc([C@@H]2NC(=O)NC(C)=C2C(=O)OC)ccc1OC[C@@H](O)N/N=C/c1cccc(OC)c1OCc1ccc(Cl)c(Cl)c1. The molecule has 3 aromatic carbocycles. The number of carbonyl (C=O) groups excluding carboxylic acids is 2. The second-order valence-corrected chi connectivity index (χ2v) is 10.6. The number of aliphatic hydroxyl groups excluding tert-OH is 1. The van der Waals surface area contributed by atoms with Crippen molar-refractivity contribution in [2.75, 3.05) is 27.4 Å². The number of amides is 2. The molecule has 0 aliphatic carbocycles. The summed E-state index contributed by atoms with van der Waals surface area (Å²) in [6.45, 7) is 3.76. The molecule has 1 heterocycles. The average Bonchev–Trinajstić information content (AvgIpc) is 3.04. The quantitative estimate of drug-likeness (QED) is 0.0794. The number of hydrogen-bond acceptors (Lipinski definition) is 10. The van der Waals surface area contributed by atoms with Crippen LogP contribution in [0.4, 0.5) is 4.79 Å². The fourth-order valence-electron chi connectivity index (χ4n) is 4.55. The largest absolute Gasteiger partial charge is 0.493 e. The first-order valence-electron chi connectivity index (χ1n) is 14.1. The van der Waals surface area contributed by atoms with Gasteiger partial charge in [0.2, 0.25) is 0 Å². The molecule has 12 nitrogen and oxygen atoms in total. The number of rotatable bonds is 14. The zero-order valence-electron chi connectivity index (χ0n) is 25.6. The molecule has 244 valence electrons. The summed E-state index contributed by atoms with van der Waals surface area (Å²) in [5, 5.41) is 20.9. The average molecular weight is 674 g/mol. The normalized spacial score (nSPS) is 15.1. The van der Waals surface area contributed by atoms with Gasteiger partial charge in [0.05, 0.1) is 48.7 Å². The number of benzene rings is 3. The summed E-state index contributed by atoms with van der Waals surface area (Å²) in [7, 11) is 2.80. The number of esters is 1. The van der Waals surface area contributed by atoms with Gasteiger partial charge >= 0.3 is 12.0 Å². The number of nitrogens with zero attached hydrogens (tertiary/aromatic N) is 1. The highest BCUT2D eigenvalue weighted by Crippen LogP contribution is 2.35. The smallest absolute Gasteiger partial charge is 0.337 e. The van der Waals surface area contributed by atoms with Gasteiger partial charge in [-0.3, -0.25) is 5.43 Å². The number of allylic oxidation sites excluding steroid dienone is 1. The van der Waals surface area contributed by atoms with Crippen LogP contribution in [0.2, 0.25) is 10.0 Å². The van der Waals surface area contributed by atoms with Crippen molar-refractivity contribution in [3.8, 4) is 23.0 Å². The Kier molecular flexibility index (Phi) is 12.0. The summed E-state index contributed by atoms with van der Waals surface area (Å²) >= 11 is 12.1. The van der Waals surface area contributed by atoms with E-state index in [0.717, 1.165) is 5.56 Å². The van der Waals surface area contributed by atoms with Crippen LogP contribution < -0.4 is 35.0 Å². The molecule has 2 amide bonds. The summed E-state index contributed by atoms with van der Waals surface area (Å²) in [5.74, 6) is 1.04. The predicted octanol–water partition coefficient (Wildman–Crippen LogP) is 5.10. The van der Waals surface area contributed by atoms with Crippen molar-refractivity contribution in [2.24, 2.45) is 5.10 Å². The minimum absolute atomic E-state index is 0.188. The molecule has 1 aliphatic rings. The zero-order valence-corrected chi connectivity index (χ0v) is 27.1. The van der Waals surface area contributed by atoms with Crippen molar-refractivity contribution >= 4 is 41.4 Å². The predicted molar refractivity (Wildman–Crippen MR) is 173 cm³/mol. The van der Waals surface area contributed by atoms with Gasteiger partial charge in [0.15, 0.2) is 29.2 Å². The number of hydrazone groups is 1. The lowest BCUT2D eigenvalue weighted by Gasteiger charge is -2.28. The maximum atomic E-state index is 12.5. The second kappa shape index (κ2) is 16.1. The van der Waals surface area contributed by atoms with Crippen LogP contribution in [0.25, 0.3) is 0 Å². The molecule has 0 unspecified atom stereocenters. The highest BCUT2D eigenvalue weighted by molar-refractivity contribution is 6.42. The van der Waals surface area contributed by atoms with Crippen LogP contribution in [0.3, 0.4) is 0 Å². The number of para-hydroxylation sites is 1. The minimum atomic E-state index is -1.20. The summed E-state index contributed by atoms with van der Waals surface area (Å²) < 4.78 is 28.0. The van der Waals surface area contributed by atoms with Crippen LogP contribution in [0.5, 0.6) is 23.0 Å². The molecule has 0 saturated carbocycles. The van der Waals surface area contributed by atoms with Gasteiger partial charge in [-0.05, 0) is 61.4 Å². The summed E-state index contributed by atoms with van der Waals surface area (Å²) in [6, 6.07) is 14.3. The third-order valence-corrected chi connectivity index (χ3v) is 7.43. The van der Waals surface area contributed by atoms with Crippen molar-refractivity contribution in [3.05, 3.63) is 92.6 Å². The molecule has 1 aliphatic heterocycles. The van der Waals surface area contributed by atoms with Gasteiger partial charge in [-0.2, -0.15) is 5.10 Å². The molecular formula is C32H34Cl2N4O8. The van der Waals surface area contributed by atoms with Crippen LogP contribution in [-0.2, 0) is 16.1 Å². The van der Waals surface area contributed by atoms with E-state index in [1.54, 1.807) is 62.4 Å². The highest BCUT2D eigenvalue weighted by atomic mass is 35.5. The van der Waals surface area contributed by atoms with Crippen molar-refractivity contribution in [1.82, 2.24) is 16.1 Å². The molecule has 0 fully saturated rings. The van der Waals surface area contributed by atoms with Crippen LogP contribution in [0.15, 0.2) is 71.0 Å². The van der Waals surface area contributed by atoms with Crippen molar-refractivity contribution in [2.45, 2.75) is 32.7 Å². The first kappa shape index (κ1) is 34.2. The number of carbonyl (C=O) groups is 2. The van der Waals surface area contributed by atoms with E-state index in [-0.39, 0.29) is 18.8 Å². The third kappa shape index (κ3) is 8.53. The summed E-state index contributed by atoms with van der Waals surface area (Å²) in [4.78, 5) is 24.6. The lowest BCUT2D eigenvalue weighted by molar-refractivity contribution is -0.136. The molecule has 0 saturated heterocycles. The molecule has 14 heteroatoms. The molecule has 4 N–H and O–H groups in total. The molecule has 2 atom stereocenters. The molecule has 46 heavy (non-hydrogen) atoms.